The van der Waals surface area contributed by atoms with Gasteiger partial charge in [0.15, 0.2) is 0 Å². The van der Waals surface area contributed by atoms with Crippen LogP contribution in [0, 0.1) is 0 Å². The van der Waals surface area contributed by atoms with Gasteiger partial charge in [0, 0.05) is 29.9 Å². The van der Waals surface area contributed by atoms with Crippen molar-refractivity contribution in [3.8, 4) is 0 Å². The zero-order chi connectivity index (χ0) is 18.6. The Balaban J connectivity index is 2.17. The van der Waals surface area contributed by atoms with Crippen LogP contribution in [0.15, 0.2) is 29.8 Å². The molecule has 0 aromatic heterocycles. The van der Waals surface area contributed by atoms with E-state index in [-0.39, 0.29) is 17.1 Å². The predicted molar refractivity (Wildman–Crippen MR) is 92.8 cm³/mol. The first-order valence-electron chi connectivity index (χ1n) is 8.23. The minimum atomic E-state index is -0.683. The molecule has 0 aliphatic carbocycles. The van der Waals surface area contributed by atoms with E-state index in [1.54, 1.807) is 24.3 Å². The Labute approximate surface area is 147 Å². The number of amides is 1. The second-order valence-corrected chi connectivity index (χ2v) is 6.54. The smallest absolute Gasteiger partial charge is 0.347 e. The van der Waals surface area contributed by atoms with Crippen LogP contribution in [0.25, 0.3) is 5.57 Å². The average molecular weight is 345 g/mol. The van der Waals surface area contributed by atoms with Crippen LogP contribution in [0.2, 0.25) is 0 Å². The number of nitrogens with one attached hydrogen (secondary N) is 1. The molecule has 0 radical (unpaired) electrons. The van der Waals surface area contributed by atoms with Crippen molar-refractivity contribution < 1.29 is 23.9 Å². The quantitative estimate of drug-likeness (QED) is 0.466. The first kappa shape index (κ1) is 18.9. The highest BCUT2D eigenvalue weighted by molar-refractivity contribution is 6.30. The first-order valence-corrected chi connectivity index (χ1v) is 8.23. The summed E-state index contributed by atoms with van der Waals surface area (Å²) in [6.45, 7) is 8.50. The van der Waals surface area contributed by atoms with E-state index in [9.17, 15) is 14.4 Å². The molecule has 0 atom stereocenters. The predicted octanol–water partition coefficient (Wildman–Crippen LogP) is 2.48. The van der Waals surface area contributed by atoms with Gasteiger partial charge in [-0.1, -0.05) is 12.1 Å². The van der Waals surface area contributed by atoms with E-state index in [1.807, 2.05) is 20.8 Å². The average Bonchev–Trinajstić information content (AvgIpc) is 2.79. The maximum Gasteiger partial charge on any atom is 0.347 e. The number of cyclic esters (lactones) is 2. The van der Waals surface area contributed by atoms with Crippen LogP contribution in [0.5, 0.6) is 0 Å². The Morgan fingerprint density at radius 1 is 1.24 bits per heavy atom. The molecule has 6 nitrogen and oxygen atoms in total. The van der Waals surface area contributed by atoms with Gasteiger partial charge in [-0.15, -0.1) is 0 Å². The summed E-state index contributed by atoms with van der Waals surface area (Å²) in [7, 11) is 0. The molecule has 134 valence electrons. The number of hydrogen-bond acceptors (Lipinski definition) is 5. The van der Waals surface area contributed by atoms with Crippen LogP contribution in [-0.4, -0.2) is 36.6 Å². The topological polar surface area (TPSA) is 81.7 Å². The van der Waals surface area contributed by atoms with E-state index in [1.165, 1.54) is 6.92 Å². The van der Waals surface area contributed by atoms with E-state index < -0.39 is 17.5 Å². The summed E-state index contributed by atoms with van der Waals surface area (Å²) in [5.74, 6) is -1.58. The lowest BCUT2D eigenvalue weighted by molar-refractivity contribution is -0.150. The van der Waals surface area contributed by atoms with Crippen LogP contribution >= 0.6 is 0 Å². The fourth-order valence-electron chi connectivity index (χ4n) is 2.53. The molecule has 0 saturated heterocycles. The third kappa shape index (κ3) is 4.54. The van der Waals surface area contributed by atoms with Gasteiger partial charge in [0.25, 0.3) is 5.91 Å². The van der Waals surface area contributed by atoms with Gasteiger partial charge in [0.1, 0.15) is 0 Å². The van der Waals surface area contributed by atoms with Gasteiger partial charge in [-0.05, 0) is 51.8 Å². The highest BCUT2D eigenvalue weighted by Gasteiger charge is 2.31. The van der Waals surface area contributed by atoms with Crippen molar-refractivity contribution in [3.63, 3.8) is 0 Å². The second kappa shape index (κ2) is 7.61. The molecule has 25 heavy (non-hydrogen) atoms. The molecule has 1 N–H and O–H groups in total. The maximum absolute atomic E-state index is 12.5. The molecule has 1 aliphatic rings. The summed E-state index contributed by atoms with van der Waals surface area (Å²) in [6, 6.07) is 6.60. The van der Waals surface area contributed by atoms with Gasteiger partial charge in [-0.25, -0.2) is 9.59 Å². The SMILES string of the molecule is CCOCCC(C)(C)NC(=O)c1cccc(C2=C(C)C(=O)OC2=O)c1. The summed E-state index contributed by atoms with van der Waals surface area (Å²) >= 11 is 0. The van der Waals surface area contributed by atoms with Crippen LogP contribution < -0.4 is 5.32 Å². The van der Waals surface area contributed by atoms with Crippen molar-refractivity contribution in [2.45, 2.75) is 39.7 Å². The molecule has 0 bridgehead atoms. The molecule has 1 aromatic rings. The summed E-state index contributed by atoms with van der Waals surface area (Å²) in [5, 5.41) is 2.96. The van der Waals surface area contributed by atoms with E-state index in [4.69, 9.17) is 4.74 Å². The number of hydrogen-bond donors (Lipinski definition) is 1. The fourth-order valence-corrected chi connectivity index (χ4v) is 2.53. The third-order valence-electron chi connectivity index (χ3n) is 4.01. The van der Waals surface area contributed by atoms with E-state index in [0.717, 1.165) is 0 Å². The van der Waals surface area contributed by atoms with Gasteiger partial charge in [-0.3, -0.25) is 4.79 Å². The number of carbonyl (C=O) groups is 3. The lowest BCUT2D eigenvalue weighted by atomic mass is 9.98. The number of esters is 2. The van der Waals surface area contributed by atoms with E-state index >= 15 is 0 Å². The normalized spacial score (nSPS) is 14.7. The Morgan fingerprint density at radius 2 is 1.96 bits per heavy atom. The Kier molecular flexibility index (Phi) is 5.74. The molecule has 1 aromatic carbocycles. The number of ether oxygens (including phenoxy) is 2. The lowest BCUT2D eigenvalue weighted by Crippen LogP contribution is -2.44. The van der Waals surface area contributed by atoms with Crippen molar-refractivity contribution >= 4 is 23.4 Å². The molecule has 0 saturated carbocycles. The van der Waals surface area contributed by atoms with Gasteiger partial charge in [-0.2, -0.15) is 0 Å². The summed E-state index contributed by atoms with van der Waals surface area (Å²) in [6.07, 6.45) is 0.678. The van der Waals surface area contributed by atoms with Gasteiger partial charge in [0.2, 0.25) is 0 Å². The van der Waals surface area contributed by atoms with E-state index in [0.29, 0.717) is 30.8 Å². The third-order valence-corrected chi connectivity index (χ3v) is 4.01. The summed E-state index contributed by atoms with van der Waals surface area (Å²) in [5.41, 5.74) is 0.928. The first-order chi connectivity index (χ1) is 11.7. The van der Waals surface area contributed by atoms with Crippen molar-refractivity contribution in [2.75, 3.05) is 13.2 Å². The minimum absolute atomic E-state index is 0.204. The fraction of sp³-hybridized carbons (Fsp3) is 0.421. The molecule has 0 fully saturated rings. The molecular weight excluding hydrogens is 322 g/mol. The monoisotopic (exact) mass is 345 g/mol. The van der Waals surface area contributed by atoms with E-state index in [2.05, 4.69) is 10.1 Å². The molecule has 1 aliphatic heterocycles. The molecule has 6 heteroatoms. The van der Waals surface area contributed by atoms with Gasteiger partial charge < -0.3 is 14.8 Å². The van der Waals surface area contributed by atoms with Crippen molar-refractivity contribution in [2.24, 2.45) is 0 Å². The molecule has 1 amide bonds. The molecule has 2 rings (SSSR count). The minimum Gasteiger partial charge on any atom is -0.386 e. The van der Waals surface area contributed by atoms with Gasteiger partial charge >= 0.3 is 11.9 Å². The molecule has 1 heterocycles. The zero-order valence-corrected chi connectivity index (χ0v) is 15.0. The highest BCUT2D eigenvalue weighted by atomic mass is 16.6. The lowest BCUT2D eigenvalue weighted by Gasteiger charge is -2.26. The number of rotatable bonds is 7. The standard InChI is InChI=1S/C19H23NO5/c1-5-24-10-9-19(3,4)20-16(21)14-8-6-7-13(11-14)15-12(2)17(22)25-18(15)23/h6-8,11H,5,9-10H2,1-4H3,(H,20,21). The Bertz CT molecular complexity index is 733. The Hall–Kier alpha value is -2.47. The number of benzene rings is 1. The van der Waals surface area contributed by atoms with Gasteiger partial charge in [0.05, 0.1) is 5.57 Å². The highest BCUT2D eigenvalue weighted by Crippen LogP contribution is 2.27. The van der Waals surface area contributed by atoms with Crippen molar-refractivity contribution in [1.29, 1.82) is 0 Å². The molecule has 0 spiro atoms. The second-order valence-electron chi connectivity index (χ2n) is 6.54. The van der Waals surface area contributed by atoms with Crippen molar-refractivity contribution in [3.05, 3.63) is 41.0 Å². The molecular formula is C19H23NO5. The van der Waals surface area contributed by atoms with Crippen LogP contribution in [-0.2, 0) is 19.1 Å². The Morgan fingerprint density at radius 3 is 2.56 bits per heavy atom. The van der Waals surface area contributed by atoms with Crippen LogP contribution in [0.3, 0.4) is 0 Å². The largest absolute Gasteiger partial charge is 0.386 e. The summed E-state index contributed by atoms with van der Waals surface area (Å²) in [4.78, 5) is 35.9. The van der Waals surface area contributed by atoms with Crippen molar-refractivity contribution in [1.82, 2.24) is 5.32 Å². The molecule has 0 unspecified atom stereocenters. The van der Waals surface area contributed by atoms with Crippen LogP contribution in [0.4, 0.5) is 0 Å². The maximum atomic E-state index is 12.5. The summed E-state index contributed by atoms with van der Waals surface area (Å²) < 4.78 is 9.95. The zero-order valence-electron chi connectivity index (χ0n) is 15.0. The number of carbonyl (C=O) groups excluding carboxylic acids is 3. The van der Waals surface area contributed by atoms with Crippen LogP contribution in [0.1, 0.15) is 50.0 Å².